The first-order valence-corrected chi connectivity index (χ1v) is 6.16. The first kappa shape index (κ1) is 14.5. The minimum Gasteiger partial charge on any atom is -0.484 e. The van der Waals surface area contributed by atoms with Gasteiger partial charge in [-0.2, -0.15) is 0 Å². The molecule has 1 amide bonds. The van der Waals surface area contributed by atoms with E-state index < -0.39 is 6.10 Å². The Kier molecular flexibility index (Phi) is 5.65. The van der Waals surface area contributed by atoms with Crippen LogP contribution in [0.3, 0.4) is 0 Å². The highest BCUT2D eigenvalue weighted by Crippen LogP contribution is 2.18. The van der Waals surface area contributed by atoms with Gasteiger partial charge in [0.05, 0.1) is 6.10 Å². The van der Waals surface area contributed by atoms with Crippen LogP contribution in [0, 0.1) is 0 Å². The Morgan fingerprint density at radius 2 is 1.89 bits per heavy atom. The van der Waals surface area contributed by atoms with E-state index in [2.05, 4.69) is 19.2 Å². The zero-order valence-corrected chi connectivity index (χ0v) is 11.1. The second kappa shape index (κ2) is 7.01. The summed E-state index contributed by atoms with van der Waals surface area (Å²) < 4.78 is 5.34. The first-order valence-electron chi connectivity index (χ1n) is 6.16. The van der Waals surface area contributed by atoms with Gasteiger partial charge in [-0.05, 0) is 30.5 Å². The molecule has 0 fully saturated rings. The molecule has 0 radical (unpaired) electrons. The average Bonchev–Trinajstić information content (AvgIpc) is 2.34. The first-order chi connectivity index (χ1) is 8.49. The summed E-state index contributed by atoms with van der Waals surface area (Å²) in [5, 5.41) is 11.6. The largest absolute Gasteiger partial charge is 0.484 e. The maximum absolute atomic E-state index is 11.3. The summed E-state index contributed by atoms with van der Waals surface area (Å²) in [5.41, 5.74) is 1.24. The number of nitrogens with one attached hydrogen (secondary N) is 1. The van der Waals surface area contributed by atoms with Gasteiger partial charge in [0.2, 0.25) is 0 Å². The summed E-state index contributed by atoms with van der Waals surface area (Å²) in [6.45, 7) is 6.08. The number of hydrogen-bond acceptors (Lipinski definition) is 3. The van der Waals surface area contributed by atoms with Gasteiger partial charge in [0.1, 0.15) is 5.75 Å². The Balaban J connectivity index is 2.37. The lowest BCUT2D eigenvalue weighted by Crippen LogP contribution is -2.34. The Hall–Kier alpha value is -1.55. The third-order valence-electron chi connectivity index (χ3n) is 2.51. The van der Waals surface area contributed by atoms with E-state index >= 15 is 0 Å². The third kappa shape index (κ3) is 5.19. The standard InChI is InChI=1S/C14H21NO3/c1-10(2)12-4-6-13(7-5-12)18-9-14(17)15-8-11(3)16/h4-7,10-11,16H,8-9H2,1-3H3,(H,15,17)/t11-/m1/s1. The van der Waals surface area contributed by atoms with Crippen LogP contribution >= 0.6 is 0 Å². The van der Waals surface area contributed by atoms with Crippen LogP contribution in [0.4, 0.5) is 0 Å². The Morgan fingerprint density at radius 1 is 1.28 bits per heavy atom. The number of carbonyl (C=O) groups excluding carboxylic acids is 1. The molecule has 0 saturated carbocycles. The summed E-state index contributed by atoms with van der Waals surface area (Å²) in [5.74, 6) is 0.920. The van der Waals surface area contributed by atoms with Crippen molar-refractivity contribution in [2.45, 2.75) is 32.8 Å². The fraction of sp³-hybridized carbons (Fsp3) is 0.500. The second-order valence-electron chi connectivity index (χ2n) is 4.67. The molecule has 1 aromatic carbocycles. The number of carbonyl (C=O) groups is 1. The molecule has 18 heavy (non-hydrogen) atoms. The number of aliphatic hydroxyl groups excluding tert-OH is 1. The van der Waals surface area contributed by atoms with Crippen LogP contribution in [0.2, 0.25) is 0 Å². The van der Waals surface area contributed by atoms with Crippen LogP contribution in [0.25, 0.3) is 0 Å². The van der Waals surface area contributed by atoms with Crippen molar-refractivity contribution in [1.29, 1.82) is 0 Å². The summed E-state index contributed by atoms with van der Waals surface area (Å²) in [4.78, 5) is 11.3. The van der Waals surface area contributed by atoms with Crippen LogP contribution in [0.1, 0.15) is 32.3 Å². The van der Waals surface area contributed by atoms with E-state index in [0.717, 1.165) is 0 Å². The molecule has 1 rings (SSSR count). The fourth-order valence-electron chi connectivity index (χ4n) is 1.41. The van der Waals surface area contributed by atoms with Crippen LogP contribution in [-0.2, 0) is 4.79 Å². The SMILES string of the molecule is CC(C)c1ccc(OCC(=O)NC[C@@H](C)O)cc1. The van der Waals surface area contributed by atoms with Gasteiger partial charge in [-0.3, -0.25) is 4.79 Å². The Bertz CT molecular complexity index is 371. The van der Waals surface area contributed by atoms with Crippen LogP contribution in [-0.4, -0.2) is 30.3 Å². The summed E-state index contributed by atoms with van der Waals surface area (Å²) in [7, 11) is 0. The van der Waals surface area contributed by atoms with Gasteiger partial charge in [0, 0.05) is 6.54 Å². The van der Waals surface area contributed by atoms with Gasteiger partial charge in [-0.15, -0.1) is 0 Å². The van der Waals surface area contributed by atoms with Crippen LogP contribution < -0.4 is 10.1 Å². The maximum atomic E-state index is 11.3. The number of aliphatic hydroxyl groups is 1. The van der Waals surface area contributed by atoms with E-state index in [1.54, 1.807) is 6.92 Å². The molecule has 0 heterocycles. The number of rotatable bonds is 6. The molecule has 100 valence electrons. The predicted octanol–water partition coefficient (Wildman–Crippen LogP) is 1.69. The fourth-order valence-corrected chi connectivity index (χ4v) is 1.41. The minimum absolute atomic E-state index is 0.0340. The molecule has 0 aliphatic rings. The van der Waals surface area contributed by atoms with Crippen molar-refractivity contribution in [2.24, 2.45) is 0 Å². The van der Waals surface area contributed by atoms with E-state index in [-0.39, 0.29) is 19.1 Å². The topological polar surface area (TPSA) is 58.6 Å². The second-order valence-corrected chi connectivity index (χ2v) is 4.67. The molecule has 0 aliphatic heterocycles. The summed E-state index contributed by atoms with van der Waals surface area (Å²) in [6, 6.07) is 7.70. The van der Waals surface area contributed by atoms with Crippen molar-refractivity contribution in [3.8, 4) is 5.75 Å². The lowest BCUT2D eigenvalue weighted by atomic mass is 10.0. The predicted molar refractivity (Wildman–Crippen MR) is 70.7 cm³/mol. The quantitative estimate of drug-likeness (QED) is 0.809. The normalized spacial score (nSPS) is 12.3. The third-order valence-corrected chi connectivity index (χ3v) is 2.51. The van der Waals surface area contributed by atoms with Crippen molar-refractivity contribution in [2.75, 3.05) is 13.2 Å². The molecule has 1 atom stereocenters. The number of ether oxygens (including phenoxy) is 1. The number of benzene rings is 1. The maximum Gasteiger partial charge on any atom is 0.258 e. The number of amides is 1. The zero-order chi connectivity index (χ0) is 13.5. The summed E-state index contributed by atoms with van der Waals surface area (Å²) >= 11 is 0. The van der Waals surface area contributed by atoms with E-state index in [0.29, 0.717) is 11.7 Å². The van der Waals surface area contributed by atoms with E-state index in [1.165, 1.54) is 5.56 Å². The van der Waals surface area contributed by atoms with Gasteiger partial charge >= 0.3 is 0 Å². The van der Waals surface area contributed by atoms with Crippen LogP contribution in [0.5, 0.6) is 5.75 Å². The van der Waals surface area contributed by atoms with Crippen molar-refractivity contribution in [3.05, 3.63) is 29.8 Å². The Labute approximate surface area is 108 Å². The van der Waals surface area contributed by atoms with E-state index in [1.807, 2.05) is 24.3 Å². The van der Waals surface area contributed by atoms with Gasteiger partial charge < -0.3 is 15.2 Å². The molecule has 0 spiro atoms. The van der Waals surface area contributed by atoms with Crippen molar-refractivity contribution < 1.29 is 14.6 Å². The molecule has 0 aromatic heterocycles. The van der Waals surface area contributed by atoms with Crippen LogP contribution in [0.15, 0.2) is 24.3 Å². The van der Waals surface area contributed by atoms with E-state index in [9.17, 15) is 4.79 Å². The molecule has 2 N–H and O–H groups in total. The Morgan fingerprint density at radius 3 is 2.39 bits per heavy atom. The molecule has 0 saturated heterocycles. The monoisotopic (exact) mass is 251 g/mol. The molecule has 4 nitrogen and oxygen atoms in total. The lowest BCUT2D eigenvalue weighted by Gasteiger charge is -2.10. The molecular weight excluding hydrogens is 230 g/mol. The van der Waals surface area contributed by atoms with Crippen molar-refractivity contribution in [3.63, 3.8) is 0 Å². The number of hydrogen-bond donors (Lipinski definition) is 2. The van der Waals surface area contributed by atoms with Crippen molar-refractivity contribution >= 4 is 5.91 Å². The van der Waals surface area contributed by atoms with Gasteiger partial charge in [0.25, 0.3) is 5.91 Å². The molecule has 4 heteroatoms. The minimum atomic E-state index is -0.542. The van der Waals surface area contributed by atoms with Gasteiger partial charge in [-0.1, -0.05) is 26.0 Å². The highest BCUT2D eigenvalue weighted by Gasteiger charge is 2.04. The van der Waals surface area contributed by atoms with Gasteiger partial charge in [0.15, 0.2) is 6.61 Å². The molecule has 0 bridgehead atoms. The molecule has 0 unspecified atom stereocenters. The van der Waals surface area contributed by atoms with Gasteiger partial charge in [-0.25, -0.2) is 0 Å². The molecule has 0 aliphatic carbocycles. The smallest absolute Gasteiger partial charge is 0.258 e. The highest BCUT2D eigenvalue weighted by atomic mass is 16.5. The molecular formula is C14H21NO3. The van der Waals surface area contributed by atoms with Crippen molar-refractivity contribution in [1.82, 2.24) is 5.32 Å². The highest BCUT2D eigenvalue weighted by molar-refractivity contribution is 5.77. The molecule has 1 aromatic rings. The summed E-state index contributed by atoms with van der Waals surface area (Å²) in [6.07, 6.45) is -0.542. The van der Waals surface area contributed by atoms with E-state index in [4.69, 9.17) is 9.84 Å². The average molecular weight is 251 g/mol. The lowest BCUT2D eigenvalue weighted by molar-refractivity contribution is -0.123. The zero-order valence-electron chi connectivity index (χ0n) is 11.1.